The predicted octanol–water partition coefficient (Wildman–Crippen LogP) is 1.38. The highest BCUT2D eigenvalue weighted by Crippen LogP contribution is 2.22. The van der Waals surface area contributed by atoms with E-state index >= 15 is 0 Å². The number of amides is 1. The van der Waals surface area contributed by atoms with Gasteiger partial charge < -0.3 is 15.7 Å². The summed E-state index contributed by atoms with van der Waals surface area (Å²) < 4.78 is 0. The third-order valence-corrected chi connectivity index (χ3v) is 3.51. The van der Waals surface area contributed by atoms with E-state index in [4.69, 9.17) is 11.6 Å². The summed E-state index contributed by atoms with van der Waals surface area (Å²) in [5, 5.41) is 15.2. The number of aromatic nitrogens is 1. The summed E-state index contributed by atoms with van der Waals surface area (Å²) in [5.74, 6) is 0.587. The van der Waals surface area contributed by atoms with Crippen molar-refractivity contribution in [3.05, 3.63) is 23.9 Å². The second kappa shape index (κ2) is 6.73. The Bertz CT molecular complexity index is 438. The quantitative estimate of drug-likeness (QED) is 0.690. The second-order valence-corrected chi connectivity index (χ2v) is 5.03. The Kier molecular flexibility index (Phi) is 4.99. The van der Waals surface area contributed by atoms with Gasteiger partial charge in [-0.2, -0.15) is 0 Å². The van der Waals surface area contributed by atoms with Gasteiger partial charge in [0.05, 0.1) is 12.0 Å². The molecule has 0 bridgehead atoms. The molecule has 1 amide bonds. The van der Waals surface area contributed by atoms with Crippen LogP contribution in [0.4, 0.5) is 5.82 Å². The standard InChI is InChI=1S/C13H18ClN3O2/c14-7-11(18)8-16-13(19)9-4-5-15-12(6-9)17-10-2-1-3-10/h4-6,10-11,18H,1-3,7-8H2,(H,15,17)(H,16,19). The molecule has 19 heavy (non-hydrogen) atoms. The van der Waals surface area contributed by atoms with Crippen LogP contribution >= 0.6 is 11.6 Å². The largest absolute Gasteiger partial charge is 0.390 e. The fraction of sp³-hybridized carbons (Fsp3) is 0.538. The van der Waals surface area contributed by atoms with Crippen molar-refractivity contribution in [1.82, 2.24) is 10.3 Å². The number of nitrogens with zero attached hydrogens (tertiary/aromatic N) is 1. The normalized spacial score (nSPS) is 16.5. The van der Waals surface area contributed by atoms with E-state index in [-0.39, 0.29) is 18.3 Å². The Labute approximate surface area is 117 Å². The van der Waals surface area contributed by atoms with Crippen molar-refractivity contribution in [1.29, 1.82) is 0 Å². The molecular weight excluding hydrogens is 266 g/mol. The van der Waals surface area contributed by atoms with E-state index < -0.39 is 6.10 Å². The molecule has 0 aliphatic heterocycles. The summed E-state index contributed by atoms with van der Waals surface area (Å²) in [4.78, 5) is 16.1. The van der Waals surface area contributed by atoms with Gasteiger partial charge in [0.25, 0.3) is 5.91 Å². The lowest BCUT2D eigenvalue weighted by atomic mass is 9.93. The second-order valence-electron chi connectivity index (χ2n) is 4.72. The minimum Gasteiger partial charge on any atom is -0.390 e. The van der Waals surface area contributed by atoms with Gasteiger partial charge in [0.2, 0.25) is 0 Å². The molecule has 0 spiro atoms. The number of halogens is 1. The van der Waals surface area contributed by atoms with Gasteiger partial charge in [-0.15, -0.1) is 11.6 Å². The number of nitrogens with one attached hydrogen (secondary N) is 2. The maximum atomic E-state index is 11.9. The van der Waals surface area contributed by atoms with Crippen LogP contribution in [0.1, 0.15) is 29.6 Å². The molecule has 0 radical (unpaired) electrons. The van der Waals surface area contributed by atoms with Crippen molar-refractivity contribution in [3.8, 4) is 0 Å². The van der Waals surface area contributed by atoms with Crippen molar-refractivity contribution in [2.45, 2.75) is 31.4 Å². The number of aliphatic hydroxyl groups excluding tert-OH is 1. The molecular formula is C13H18ClN3O2. The van der Waals surface area contributed by atoms with Crippen LogP contribution in [-0.4, -0.2) is 40.6 Å². The molecule has 6 heteroatoms. The SMILES string of the molecule is O=C(NCC(O)CCl)c1ccnc(NC2CCC2)c1. The number of hydrogen-bond acceptors (Lipinski definition) is 4. The van der Waals surface area contributed by atoms with Gasteiger partial charge >= 0.3 is 0 Å². The number of anilines is 1. The molecule has 1 saturated carbocycles. The predicted molar refractivity (Wildman–Crippen MR) is 74.6 cm³/mol. The topological polar surface area (TPSA) is 74.2 Å². The smallest absolute Gasteiger partial charge is 0.251 e. The number of alkyl halides is 1. The Morgan fingerprint density at radius 2 is 2.37 bits per heavy atom. The highest BCUT2D eigenvalue weighted by Gasteiger charge is 2.17. The number of aliphatic hydroxyl groups is 1. The molecule has 1 aliphatic carbocycles. The molecule has 5 nitrogen and oxygen atoms in total. The summed E-state index contributed by atoms with van der Waals surface area (Å²) in [6.07, 6.45) is 4.43. The third-order valence-electron chi connectivity index (χ3n) is 3.16. The van der Waals surface area contributed by atoms with E-state index in [1.54, 1.807) is 18.3 Å². The van der Waals surface area contributed by atoms with Crippen LogP contribution < -0.4 is 10.6 Å². The number of rotatable bonds is 6. The highest BCUT2D eigenvalue weighted by atomic mass is 35.5. The third kappa shape index (κ3) is 4.08. The Hall–Kier alpha value is -1.33. The van der Waals surface area contributed by atoms with Gasteiger partial charge in [0.1, 0.15) is 5.82 Å². The average molecular weight is 284 g/mol. The molecule has 1 atom stereocenters. The van der Waals surface area contributed by atoms with Gasteiger partial charge in [0, 0.05) is 24.3 Å². The summed E-state index contributed by atoms with van der Waals surface area (Å²) in [6.45, 7) is 0.149. The molecule has 3 N–H and O–H groups in total. The van der Waals surface area contributed by atoms with Crippen molar-refractivity contribution in [2.24, 2.45) is 0 Å². The zero-order chi connectivity index (χ0) is 13.7. The molecule has 1 heterocycles. The van der Waals surface area contributed by atoms with E-state index in [1.807, 2.05) is 0 Å². The molecule has 2 rings (SSSR count). The lowest BCUT2D eigenvalue weighted by Crippen LogP contribution is -2.33. The van der Waals surface area contributed by atoms with Crippen molar-refractivity contribution >= 4 is 23.3 Å². The van der Waals surface area contributed by atoms with Crippen LogP contribution in [0.15, 0.2) is 18.3 Å². The van der Waals surface area contributed by atoms with Gasteiger partial charge in [0.15, 0.2) is 0 Å². The van der Waals surface area contributed by atoms with E-state index in [2.05, 4.69) is 15.6 Å². The molecule has 1 aromatic rings. The van der Waals surface area contributed by atoms with E-state index in [0.29, 0.717) is 11.6 Å². The van der Waals surface area contributed by atoms with Crippen LogP contribution in [0.25, 0.3) is 0 Å². The lowest BCUT2D eigenvalue weighted by molar-refractivity contribution is 0.0925. The molecule has 1 fully saturated rings. The van der Waals surface area contributed by atoms with Crippen molar-refractivity contribution < 1.29 is 9.90 Å². The first-order chi connectivity index (χ1) is 9.19. The Morgan fingerprint density at radius 3 is 3.00 bits per heavy atom. The first kappa shape index (κ1) is 14.1. The lowest BCUT2D eigenvalue weighted by Gasteiger charge is -2.26. The van der Waals surface area contributed by atoms with Gasteiger partial charge in [-0.25, -0.2) is 4.98 Å². The van der Waals surface area contributed by atoms with E-state index in [1.165, 1.54) is 6.42 Å². The van der Waals surface area contributed by atoms with E-state index in [9.17, 15) is 9.90 Å². The maximum Gasteiger partial charge on any atom is 0.251 e. The number of pyridine rings is 1. The van der Waals surface area contributed by atoms with Crippen LogP contribution in [0.2, 0.25) is 0 Å². The van der Waals surface area contributed by atoms with E-state index in [0.717, 1.165) is 18.7 Å². The van der Waals surface area contributed by atoms with Crippen LogP contribution in [-0.2, 0) is 0 Å². The zero-order valence-corrected chi connectivity index (χ0v) is 11.4. The highest BCUT2D eigenvalue weighted by molar-refractivity contribution is 6.18. The number of carbonyl (C=O) groups excluding carboxylic acids is 1. The Morgan fingerprint density at radius 1 is 1.58 bits per heavy atom. The minimum absolute atomic E-state index is 0.102. The number of carbonyl (C=O) groups is 1. The van der Waals surface area contributed by atoms with Crippen LogP contribution in [0.5, 0.6) is 0 Å². The van der Waals surface area contributed by atoms with Crippen LogP contribution in [0.3, 0.4) is 0 Å². The fourth-order valence-electron chi connectivity index (χ4n) is 1.78. The fourth-order valence-corrected chi connectivity index (χ4v) is 1.89. The summed E-state index contributed by atoms with van der Waals surface area (Å²) in [6, 6.07) is 3.85. The average Bonchev–Trinajstić information content (AvgIpc) is 2.40. The van der Waals surface area contributed by atoms with Gasteiger partial charge in [-0.05, 0) is 31.4 Å². The summed E-state index contributed by atoms with van der Waals surface area (Å²) in [7, 11) is 0. The molecule has 104 valence electrons. The zero-order valence-electron chi connectivity index (χ0n) is 10.6. The molecule has 0 saturated heterocycles. The summed E-state index contributed by atoms with van der Waals surface area (Å²) >= 11 is 5.47. The van der Waals surface area contributed by atoms with Gasteiger partial charge in [-0.1, -0.05) is 0 Å². The molecule has 0 aromatic carbocycles. The molecule has 1 unspecified atom stereocenters. The van der Waals surface area contributed by atoms with Crippen molar-refractivity contribution in [3.63, 3.8) is 0 Å². The molecule has 1 aliphatic rings. The van der Waals surface area contributed by atoms with Crippen LogP contribution in [0, 0.1) is 0 Å². The van der Waals surface area contributed by atoms with Gasteiger partial charge in [-0.3, -0.25) is 4.79 Å². The number of hydrogen-bond donors (Lipinski definition) is 3. The first-order valence-corrected chi connectivity index (χ1v) is 6.97. The molecule has 1 aromatic heterocycles. The Balaban J connectivity index is 1.91. The minimum atomic E-state index is -0.722. The summed E-state index contributed by atoms with van der Waals surface area (Å²) in [5.41, 5.74) is 0.526. The first-order valence-electron chi connectivity index (χ1n) is 6.44. The van der Waals surface area contributed by atoms with Crippen molar-refractivity contribution in [2.75, 3.05) is 17.7 Å². The maximum absolute atomic E-state index is 11.9. The monoisotopic (exact) mass is 283 g/mol.